The Morgan fingerprint density at radius 3 is 2.32 bits per heavy atom. The highest BCUT2D eigenvalue weighted by molar-refractivity contribution is 5.85. The van der Waals surface area contributed by atoms with Crippen LogP contribution in [0.1, 0.15) is 44.4 Å². The lowest BCUT2D eigenvalue weighted by atomic mass is 10.1. The van der Waals surface area contributed by atoms with E-state index in [1.165, 1.54) is 12.1 Å². The number of benzene rings is 1. The molecule has 0 radical (unpaired) electrons. The Kier molecular flexibility index (Phi) is 5.22. The van der Waals surface area contributed by atoms with Gasteiger partial charge in [0.25, 0.3) is 5.91 Å². The molecule has 2 heterocycles. The molecule has 10 heteroatoms. The number of carbonyl (C=O) groups excluding carboxylic acids is 1. The molecule has 152 valence electrons. The molecule has 0 unspecified atom stereocenters. The highest BCUT2D eigenvalue weighted by Crippen LogP contribution is 2.34. The molecular weight excluding hydrogens is 379 g/mol. The van der Waals surface area contributed by atoms with E-state index in [0.717, 1.165) is 18.6 Å². The van der Waals surface area contributed by atoms with Crippen molar-refractivity contribution in [3.05, 3.63) is 36.0 Å². The third-order valence-electron chi connectivity index (χ3n) is 4.29. The van der Waals surface area contributed by atoms with Gasteiger partial charge in [0.2, 0.25) is 5.89 Å². The number of aryl methyl sites for hydroxylation is 1. The SMILES string of the molecule is Cc1noc([C@@H]2CCCN2C(=O)C(C)(C)Oc2ccc(OC(F)(F)F)cc2)n1. The van der Waals surface area contributed by atoms with Crippen LogP contribution in [0.4, 0.5) is 13.2 Å². The van der Waals surface area contributed by atoms with Gasteiger partial charge in [0.1, 0.15) is 17.5 Å². The summed E-state index contributed by atoms with van der Waals surface area (Å²) in [6, 6.07) is 4.57. The van der Waals surface area contributed by atoms with Gasteiger partial charge in [-0.2, -0.15) is 4.98 Å². The Balaban J connectivity index is 1.70. The summed E-state index contributed by atoms with van der Waals surface area (Å²) in [5.41, 5.74) is -1.25. The maximum Gasteiger partial charge on any atom is 0.573 e. The van der Waals surface area contributed by atoms with Gasteiger partial charge in [-0.15, -0.1) is 13.2 Å². The van der Waals surface area contributed by atoms with Crippen molar-refractivity contribution in [2.45, 2.75) is 51.6 Å². The van der Waals surface area contributed by atoms with Crippen molar-refractivity contribution < 1.29 is 32.0 Å². The normalized spacial score (nSPS) is 17.6. The van der Waals surface area contributed by atoms with Crippen LogP contribution in [0.3, 0.4) is 0 Å². The molecule has 1 aliphatic rings. The first-order valence-corrected chi connectivity index (χ1v) is 8.71. The van der Waals surface area contributed by atoms with E-state index in [-0.39, 0.29) is 23.4 Å². The molecule has 3 rings (SSSR count). The Hall–Kier alpha value is -2.78. The largest absolute Gasteiger partial charge is 0.573 e. The van der Waals surface area contributed by atoms with Crippen molar-refractivity contribution in [3.8, 4) is 11.5 Å². The summed E-state index contributed by atoms with van der Waals surface area (Å²) in [5, 5.41) is 3.77. The van der Waals surface area contributed by atoms with E-state index >= 15 is 0 Å². The van der Waals surface area contributed by atoms with Crippen LogP contribution in [-0.4, -0.2) is 39.5 Å². The molecule has 1 aromatic carbocycles. The smallest absolute Gasteiger partial charge is 0.478 e. The van der Waals surface area contributed by atoms with E-state index in [2.05, 4.69) is 14.9 Å². The standard InChI is InChI=1S/C18H20F3N3O4/c1-11-22-15(28-23-11)14-5-4-10-24(14)16(25)17(2,3)26-12-6-8-13(9-7-12)27-18(19,20)21/h6-9,14H,4-5,10H2,1-3H3/t14-/m0/s1. The van der Waals surface area contributed by atoms with Crippen molar-refractivity contribution >= 4 is 5.91 Å². The predicted octanol–water partition coefficient (Wildman–Crippen LogP) is 3.80. The molecule has 0 aliphatic carbocycles. The van der Waals surface area contributed by atoms with Crippen molar-refractivity contribution in [2.24, 2.45) is 0 Å². The number of alkyl halides is 3. The third kappa shape index (κ3) is 4.55. The van der Waals surface area contributed by atoms with E-state index in [0.29, 0.717) is 24.7 Å². The molecule has 1 aliphatic heterocycles. The molecule has 1 saturated heterocycles. The van der Waals surface area contributed by atoms with E-state index in [1.807, 2.05) is 0 Å². The molecule has 1 amide bonds. The van der Waals surface area contributed by atoms with Crippen molar-refractivity contribution in [1.82, 2.24) is 15.0 Å². The van der Waals surface area contributed by atoms with Crippen LogP contribution in [0.2, 0.25) is 0 Å². The zero-order chi connectivity index (χ0) is 20.5. The first-order valence-electron chi connectivity index (χ1n) is 8.71. The summed E-state index contributed by atoms with van der Waals surface area (Å²) in [6.07, 6.45) is -3.28. The Labute approximate surface area is 159 Å². The maximum atomic E-state index is 13.1. The molecule has 0 bridgehead atoms. The van der Waals surface area contributed by atoms with Crippen LogP contribution in [-0.2, 0) is 4.79 Å². The van der Waals surface area contributed by atoms with E-state index in [4.69, 9.17) is 9.26 Å². The van der Waals surface area contributed by atoms with E-state index in [9.17, 15) is 18.0 Å². The lowest BCUT2D eigenvalue weighted by Crippen LogP contribution is -2.48. The summed E-state index contributed by atoms with van der Waals surface area (Å²) in [6.45, 7) is 5.43. The van der Waals surface area contributed by atoms with Gasteiger partial charge >= 0.3 is 6.36 Å². The monoisotopic (exact) mass is 399 g/mol. The molecule has 0 spiro atoms. The van der Waals surface area contributed by atoms with Gasteiger partial charge in [-0.25, -0.2) is 0 Å². The Morgan fingerprint density at radius 2 is 1.79 bits per heavy atom. The lowest BCUT2D eigenvalue weighted by Gasteiger charge is -2.32. The first kappa shape index (κ1) is 20.0. The molecule has 2 aromatic rings. The second-order valence-corrected chi connectivity index (χ2v) is 6.97. The molecular formula is C18H20F3N3O4. The average molecular weight is 399 g/mol. The minimum absolute atomic E-state index is 0.247. The third-order valence-corrected chi connectivity index (χ3v) is 4.29. The fourth-order valence-corrected chi connectivity index (χ4v) is 3.11. The molecule has 28 heavy (non-hydrogen) atoms. The van der Waals surface area contributed by atoms with Gasteiger partial charge in [-0.3, -0.25) is 4.79 Å². The Morgan fingerprint density at radius 1 is 1.18 bits per heavy atom. The summed E-state index contributed by atoms with van der Waals surface area (Å²) in [5.74, 6) is 0.479. The quantitative estimate of drug-likeness (QED) is 0.761. The van der Waals surface area contributed by atoms with Crippen LogP contribution in [0.25, 0.3) is 0 Å². The Bertz CT molecular complexity index is 833. The highest BCUT2D eigenvalue weighted by atomic mass is 19.4. The van der Waals surface area contributed by atoms with Crippen LogP contribution < -0.4 is 9.47 Å². The van der Waals surface area contributed by atoms with Gasteiger partial charge < -0.3 is 18.9 Å². The second-order valence-electron chi connectivity index (χ2n) is 6.97. The van der Waals surface area contributed by atoms with Crippen LogP contribution >= 0.6 is 0 Å². The van der Waals surface area contributed by atoms with Crippen molar-refractivity contribution in [3.63, 3.8) is 0 Å². The number of aromatic nitrogens is 2. The lowest BCUT2D eigenvalue weighted by molar-refractivity contribution is -0.274. The minimum atomic E-state index is -4.77. The van der Waals surface area contributed by atoms with E-state index in [1.54, 1.807) is 25.7 Å². The molecule has 7 nitrogen and oxygen atoms in total. The number of hydrogen-bond donors (Lipinski definition) is 0. The maximum absolute atomic E-state index is 13.1. The van der Waals surface area contributed by atoms with Crippen LogP contribution in [0.5, 0.6) is 11.5 Å². The van der Waals surface area contributed by atoms with Crippen LogP contribution in [0.15, 0.2) is 28.8 Å². The fourth-order valence-electron chi connectivity index (χ4n) is 3.11. The number of hydrogen-bond acceptors (Lipinski definition) is 6. The zero-order valence-electron chi connectivity index (χ0n) is 15.6. The van der Waals surface area contributed by atoms with Gasteiger partial charge in [-0.1, -0.05) is 5.16 Å². The van der Waals surface area contributed by atoms with Gasteiger partial charge in [-0.05, 0) is 57.9 Å². The van der Waals surface area contributed by atoms with Gasteiger partial charge in [0.15, 0.2) is 11.4 Å². The summed E-state index contributed by atoms with van der Waals surface area (Å²) >= 11 is 0. The van der Waals surface area contributed by atoms with Crippen molar-refractivity contribution in [1.29, 1.82) is 0 Å². The molecule has 0 N–H and O–H groups in total. The highest BCUT2D eigenvalue weighted by Gasteiger charge is 2.42. The number of amides is 1. The second kappa shape index (κ2) is 7.33. The number of carbonyl (C=O) groups is 1. The van der Waals surface area contributed by atoms with Gasteiger partial charge in [0, 0.05) is 6.54 Å². The summed E-state index contributed by atoms with van der Waals surface area (Å²) in [4.78, 5) is 18.9. The number of ether oxygens (including phenoxy) is 2. The number of nitrogens with zero attached hydrogens (tertiary/aromatic N) is 3. The van der Waals surface area contributed by atoms with Gasteiger partial charge in [0.05, 0.1) is 0 Å². The van der Waals surface area contributed by atoms with Crippen molar-refractivity contribution in [2.75, 3.05) is 6.54 Å². The number of halogens is 3. The summed E-state index contributed by atoms with van der Waals surface area (Å²) < 4.78 is 51.5. The molecule has 1 aromatic heterocycles. The fraction of sp³-hybridized carbons (Fsp3) is 0.500. The van der Waals surface area contributed by atoms with E-state index < -0.39 is 12.0 Å². The number of rotatable bonds is 5. The zero-order valence-corrected chi connectivity index (χ0v) is 15.6. The molecule has 1 atom stereocenters. The minimum Gasteiger partial charge on any atom is -0.478 e. The molecule has 0 saturated carbocycles. The molecule has 1 fully saturated rings. The predicted molar refractivity (Wildman–Crippen MR) is 90.6 cm³/mol. The average Bonchev–Trinajstić information content (AvgIpc) is 3.23. The first-order chi connectivity index (χ1) is 13.0. The summed E-state index contributed by atoms with van der Waals surface area (Å²) in [7, 11) is 0. The number of likely N-dealkylation sites (tertiary alicyclic amines) is 1. The van der Waals surface area contributed by atoms with Crippen LogP contribution in [0, 0.1) is 6.92 Å². The topological polar surface area (TPSA) is 77.7 Å².